The SMILES string of the molecule is C=C(C)c1cc(Cl)c(Cl)c(C)c1O. The summed E-state index contributed by atoms with van der Waals surface area (Å²) in [5.74, 6) is 0.155. The highest BCUT2D eigenvalue weighted by Gasteiger charge is 2.11. The Balaban J connectivity index is 3.50. The number of phenols is 1. The zero-order valence-electron chi connectivity index (χ0n) is 7.49. The fourth-order valence-corrected chi connectivity index (χ4v) is 1.46. The first-order valence-electron chi connectivity index (χ1n) is 3.78. The van der Waals surface area contributed by atoms with E-state index in [0.29, 0.717) is 21.2 Å². The van der Waals surface area contributed by atoms with Gasteiger partial charge in [-0.05, 0) is 25.5 Å². The van der Waals surface area contributed by atoms with Gasteiger partial charge in [0.15, 0.2) is 0 Å². The fraction of sp³-hybridized carbons (Fsp3) is 0.200. The summed E-state index contributed by atoms with van der Waals surface area (Å²) in [6, 6.07) is 1.62. The minimum atomic E-state index is 0.155. The highest BCUT2D eigenvalue weighted by Crippen LogP contribution is 2.37. The Morgan fingerprint density at radius 2 is 2.00 bits per heavy atom. The van der Waals surface area contributed by atoms with E-state index in [-0.39, 0.29) is 5.75 Å². The highest BCUT2D eigenvalue weighted by atomic mass is 35.5. The summed E-state index contributed by atoms with van der Waals surface area (Å²) in [7, 11) is 0. The third kappa shape index (κ3) is 1.82. The van der Waals surface area contributed by atoms with Gasteiger partial charge in [0.2, 0.25) is 0 Å². The van der Waals surface area contributed by atoms with Crippen molar-refractivity contribution in [3.63, 3.8) is 0 Å². The Labute approximate surface area is 87.6 Å². The standard InChI is InChI=1S/C10H10Cl2O/c1-5(2)7-4-8(11)9(12)6(3)10(7)13/h4,13H,1H2,2-3H3. The predicted molar refractivity (Wildman–Crippen MR) is 57.6 cm³/mol. The molecule has 1 N–H and O–H groups in total. The van der Waals surface area contributed by atoms with Crippen molar-refractivity contribution in [1.29, 1.82) is 0 Å². The van der Waals surface area contributed by atoms with Crippen LogP contribution >= 0.6 is 23.2 Å². The van der Waals surface area contributed by atoms with Gasteiger partial charge in [-0.2, -0.15) is 0 Å². The summed E-state index contributed by atoms with van der Waals surface area (Å²) in [5, 5.41) is 10.5. The van der Waals surface area contributed by atoms with Crippen LogP contribution in [0, 0.1) is 6.92 Å². The van der Waals surface area contributed by atoms with E-state index in [4.69, 9.17) is 23.2 Å². The molecule has 0 unspecified atom stereocenters. The topological polar surface area (TPSA) is 20.2 Å². The van der Waals surface area contributed by atoms with E-state index in [1.54, 1.807) is 19.9 Å². The van der Waals surface area contributed by atoms with Crippen LogP contribution in [0.5, 0.6) is 5.75 Å². The molecule has 0 heterocycles. The van der Waals surface area contributed by atoms with Gasteiger partial charge >= 0.3 is 0 Å². The summed E-state index contributed by atoms with van der Waals surface area (Å²) in [6.45, 7) is 7.26. The first-order valence-corrected chi connectivity index (χ1v) is 4.54. The maximum absolute atomic E-state index is 9.67. The molecule has 1 rings (SSSR count). The van der Waals surface area contributed by atoms with Gasteiger partial charge < -0.3 is 5.11 Å². The molecule has 0 aliphatic rings. The number of halogens is 2. The van der Waals surface area contributed by atoms with Crippen LogP contribution in [0.3, 0.4) is 0 Å². The Hall–Kier alpha value is -0.660. The number of hydrogen-bond acceptors (Lipinski definition) is 1. The first-order chi connectivity index (χ1) is 5.95. The quantitative estimate of drug-likeness (QED) is 0.752. The van der Waals surface area contributed by atoms with Gasteiger partial charge in [-0.25, -0.2) is 0 Å². The van der Waals surface area contributed by atoms with Crippen LogP contribution in [0.15, 0.2) is 12.6 Å². The molecule has 0 atom stereocenters. The lowest BCUT2D eigenvalue weighted by atomic mass is 10.0. The Bertz CT molecular complexity index is 370. The third-order valence-electron chi connectivity index (χ3n) is 1.88. The molecule has 3 heteroatoms. The van der Waals surface area contributed by atoms with Crippen molar-refractivity contribution < 1.29 is 5.11 Å². The van der Waals surface area contributed by atoms with E-state index in [9.17, 15) is 5.11 Å². The molecule has 70 valence electrons. The van der Waals surface area contributed by atoms with Crippen LogP contribution < -0.4 is 0 Å². The first kappa shape index (κ1) is 10.4. The summed E-state index contributed by atoms with van der Waals surface area (Å²) < 4.78 is 0. The van der Waals surface area contributed by atoms with Crippen LogP contribution in [0.25, 0.3) is 5.57 Å². The van der Waals surface area contributed by atoms with E-state index in [1.807, 2.05) is 0 Å². The molecular weight excluding hydrogens is 207 g/mol. The van der Waals surface area contributed by atoms with Crippen molar-refractivity contribution in [2.75, 3.05) is 0 Å². The number of phenolic OH excluding ortho intramolecular Hbond substituents is 1. The van der Waals surface area contributed by atoms with Crippen molar-refractivity contribution in [3.05, 3.63) is 33.8 Å². The molecule has 0 saturated carbocycles. The van der Waals surface area contributed by atoms with Gasteiger partial charge in [-0.1, -0.05) is 29.8 Å². The molecular formula is C10H10Cl2O. The number of rotatable bonds is 1. The third-order valence-corrected chi connectivity index (χ3v) is 2.76. The number of allylic oxidation sites excluding steroid dienone is 1. The van der Waals surface area contributed by atoms with Gasteiger partial charge in [-0.3, -0.25) is 0 Å². The van der Waals surface area contributed by atoms with Gasteiger partial charge in [0.25, 0.3) is 0 Å². The van der Waals surface area contributed by atoms with Crippen molar-refractivity contribution in [2.24, 2.45) is 0 Å². The van der Waals surface area contributed by atoms with Gasteiger partial charge in [0, 0.05) is 11.1 Å². The molecule has 0 fully saturated rings. The summed E-state index contributed by atoms with van der Waals surface area (Å²) >= 11 is 11.7. The van der Waals surface area contributed by atoms with E-state index >= 15 is 0 Å². The van der Waals surface area contributed by atoms with Gasteiger partial charge in [0.05, 0.1) is 10.0 Å². The Morgan fingerprint density at radius 3 is 2.46 bits per heavy atom. The molecule has 0 radical (unpaired) electrons. The van der Waals surface area contributed by atoms with Crippen LogP contribution in [0.1, 0.15) is 18.1 Å². The molecule has 0 saturated heterocycles. The fourth-order valence-electron chi connectivity index (χ4n) is 1.07. The molecule has 0 amide bonds. The van der Waals surface area contributed by atoms with E-state index in [0.717, 1.165) is 5.57 Å². The van der Waals surface area contributed by atoms with Gasteiger partial charge in [-0.15, -0.1) is 0 Å². The van der Waals surface area contributed by atoms with Crippen molar-refractivity contribution in [3.8, 4) is 5.75 Å². The van der Waals surface area contributed by atoms with Crippen molar-refractivity contribution >= 4 is 28.8 Å². The van der Waals surface area contributed by atoms with Crippen LogP contribution in [-0.2, 0) is 0 Å². The Morgan fingerprint density at radius 1 is 1.46 bits per heavy atom. The molecule has 0 aromatic heterocycles. The smallest absolute Gasteiger partial charge is 0.127 e. The van der Waals surface area contributed by atoms with E-state index < -0.39 is 0 Å². The maximum Gasteiger partial charge on any atom is 0.127 e. The monoisotopic (exact) mass is 216 g/mol. The number of hydrogen-bond donors (Lipinski definition) is 1. The maximum atomic E-state index is 9.67. The second kappa shape index (κ2) is 3.60. The van der Waals surface area contributed by atoms with Gasteiger partial charge in [0.1, 0.15) is 5.75 Å². The average molecular weight is 217 g/mol. The lowest BCUT2D eigenvalue weighted by Crippen LogP contribution is -1.86. The number of aromatic hydroxyl groups is 1. The van der Waals surface area contributed by atoms with E-state index in [2.05, 4.69) is 6.58 Å². The minimum Gasteiger partial charge on any atom is -0.507 e. The minimum absolute atomic E-state index is 0.155. The Kier molecular flexibility index (Phi) is 2.89. The van der Waals surface area contributed by atoms with Crippen LogP contribution in [0.2, 0.25) is 10.0 Å². The molecule has 13 heavy (non-hydrogen) atoms. The second-order valence-electron chi connectivity index (χ2n) is 2.97. The molecule has 1 nitrogen and oxygen atoms in total. The zero-order valence-corrected chi connectivity index (χ0v) is 9.00. The molecule has 1 aromatic carbocycles. The van der Waals surface area contributed by atoms with Crippen molar-refractivity contribution in [1.82, 2.24) is 0 Å². The molecule has 1 aromatic rings. The largest absolute Gasteiger partial charge is 0.507 e. The lowest BCUT2D eigenvalue weighted by Gasteiger charge is -2.09. The van der Waals surface area contributed by atoms with E-state index in [1.165, 1.54) is 0 Å². The normalized spacial score (nSPS) is 10.2. The average Bonchev–Trinajstić information content (AvgIpc) is 2.07. The van der Waals surface area contributed by atoms with Crippen LogP contribution in [-0.4, -0.2) is 5.11 Å². The number of benzene rings is 1. The second-order valence-corrected chi connectivity index (χ2v) is 3.76. The highest BCUT2D eigenvalue weighted by molar-refractivity contribution is 6.42. The summed E-state index contributed by atoms with van der Waals surface area (Å²) in [4.78, 5) is 0. The summed E-state index contributed by atoms with van der Waals surface area (Å²) in [6.07, 6.45) is 0. The summed E-state index contributed by atoms with van der Waals surface area (Å²) in [5.41, 5.74) is 2.00. The molecule has 0 aliphatic heterocycles. The molecule has 0 aliphatic carbocycles. The zero-order chi connectivity index (χ0) is 10.2. The van der Waals surface area contributed by atoms with Crippen molar-refractivity contribution in [2.45, 2.75) is 13.8 Å². The van der Waals surface area contributed by atoms with Crippen LogP contribution in [0.4, 0.5) is 0 Å². The molecule has 0 bridgehead atoms. The lowest BCUT2D eigenvalue weighted by molar-refractivity contribution is 0.469. The molecule has 0 spiro atoms. The predicted octanol–water partition coefficient (Wildman–Crippen LogP) is 4.04.